The molecule has 29 heavy (non-hydrogen) atoms. The van der Waals surface area contributed by atoms with Crippen LogP contribution >= 0.6 is 11.3 Å². The minimum atomic E-state index is -0.743. The molecule has 0 saturated heterocycles. The van der Waals surface area contributed by atoms with Gasteiger partial charge in [0.2, 0.25) is 5.76 Å². The Bertz CT molecular complexity index is 1080. The van der Waals surface area contributed by atoms with Crippen LogP contribution in [0, 0.1) is 0 Å². The lowest BCUT2D eigenvalue weighted by atomic mass is 10.1. The minimum absolute atomic E-state index is 0.0249. The van der Waals surface area contributed by atoms with Crippen LogP contribution in [0.15, 0.2) is 47.1 Å². The second kappa shape index (κ2) is 7.92. The molecule has 0 unspecified atom stereocenters. The zero-order chi connectivity index (χ0) is 20.4. The summed E-state index contributed by atoms with van der Waals surface area (Å²) in [7, 11) is 0. The number of fused-ring (bicyclic) bond motifs is 1. The summed E-state index contributed by atoms with van der Waals surface area (Å²) in [6.45, 7) is -0.505. The van der Waals surface area contributed by atoms with Crippen LogP contribution in [0.3, 0.4) is 0 Å². The lowest BCUT2D eigenvalue weighted by molar-refractivity contribution is -0.119. The molecule has 0 atom stereocenters. The second-order valence-corrected chi connectivity index (χ2v) is 7.68. The van der Waals surface area contributed by atoms with Crippen molar-refractivity contribution in [3.8, 4) is 11.1 Å². The number of hydrogen-bond acceptors (Lipinski definition) is 6. The highest BCUT2D eigenvalue weighted by molar-refractivity contribution is 7.17. The number of hydrogen-bond donors (Lipinski definition) is 2. The Balaban J connectivity index is 1.42. The predicted molar refractivity (Wildman–Crippen MR) is 108 cm³/mol. The van der Waals surface area contributed by atoms with Crippen molar-refractivity contribution in [2.75, 3.05) is 11.9 Å². The van der Waals surface area contributed by atoms with E-state index in [1.54, 1.807) is 6.07 Å². The molecule has 0 spiro atoms. The molecular weight excluding hydrogens is 392 g/mol. The number of carbonyl (C=O) groups excluding carboxylic acids is 3. The first-order valence-corrected chi connectivity index (χ1v) is 9.90. The molecule has 4 rings (SSSR count). The molecular formula is C21H18N2O5S. The molecule has 1 aliphatic carbocycles. The Morgan fingerprint density at radius 3 is 2.69 bits per heavy atom. The predicted octanol–water partition coefficient (Wildman–Crippen LogP) is 3.39. The number of benzene rings is 1. The molecule has 0 aliphatic heterocycles. The SMILES string of the molecule is NC(=O)c1c(NC(=O)COC(=O)c2occc2-c2ccccc2)sc2c1CCC2. The first-order valence-electron chi connectivity index (χ1n) is 9.09. The largest absolute Gasteiger partial charge is 0.457 e. The van der Waals surface area contributed by atoms with E-state index in [-0.39, 0.29) is 5.76 Å². The number of primary amides is 1. The van der Waals surface area contributed by atoms with Gasteiger partial charge in [0.25, 0.3) is 11.8 Å². The number of nitrogens with one attached hydrogen (secondary N) is 1. The van der Waals surface area contributed by atoms with Crippen molar-refractivity contribution >= 4 is 34.1 Å². The van der Waals surface area contributed by atoms with Crippen molar-refractivity contribution < 1.29 is 23.5 Å². The second-order valence-electron chi connectivity index (χ2n) is 6.58. The number of ether oxygens (including phenoxy) is 1. The number of nitrogens with two attached hydrogens (primary N) is 1. The maximum absolute atomic E-state index is 12.4. The van der Waals surface area contributed by atoms with Gasteiger partial charge in [-0.15, -0.1) is 11.3 Å². The number of amides is 2. The van der Waals surface area contributed by atoms with Crippen molar-refractivity contribution in [3.05, 3.63) is 64.4 Å². The third-order valence-electron chi connectivity index (χ3n) is 4.69. The van der Waals surface area contributed by atoms with Crippen LogP contribution in [0.5, 0.6) is 0 Å². The van der Waals surface area contributed by atoms with E-state index in [0.29, 0.717) is 16.1 Å². The molecule has 3 aromatic rings. The standard InChI is InChI=1S/C21H18N2O5S/c22-19(25)17-14-7-4-8-15(14)29-20(17)23-16(24)11-28-21(26)18-13(9-10-27-18)12-5-2-1-3-6-12/h1-3,5-6,9-10H,4,7-8,11H2,(H2,22,25)(H,23,24). The number of esters is 1. The van der Waals surface area contributed by atoms with Crippen LogP contribution in [0.2, 0.25) is 0 Å². The van der Waals surface area contributed by atoms with Gasteiger partial charge in [-0.1, -0.05) is 30.3 Å². The molecule has 8 heteroatoms. The Kier molecular flexibility index (Phi) is 5.18. The smallest absolute Gasteiger partial charge is 0.375 e. The van der Waals surface area contributed by atoms with Crippen LogP contribution in [-0.2, 0) is 22.4 Å². The summed E-state index contributed by atoms with van der Waals surface area (Å²) < 4.78 is 10.4. The Hall–Kier alpha value is -3.39. The van der Waals surface area contributed by atoms with Crippen LogP contribution < -0.4 is 11.1 Å². The fourth-order valence-corrected chi connectivity index (χ4v) is 4.74. The van der Waals surface area contributed by atoms with Gasteiger partial charge in [-0.05, 0) is 36.5 Å². The van der Waals surface area contributed by atoms with Gasteiger partial charge >= 0.3 is 5.97 Å². The molecule has 0 fully saturated rings. The highest BCUT2D eigenvalue weighted by atomic mass is 32.1. The number of anilines is 1. The molecule has 3 N–H and O–H groups in total. The van der Waals surface area contributed by atoms with Crippen molar-refractivity contribution in [1.29, 1.82) is 0 Å². The first kappa shape index (κ1) is 18.9. The van der Waals surface area contributed by atoms with E-state index in [1.165, 1.54) is 17.6 Å². The quantitative estimate of drug-likeness (QED) is 0.605. The van der Waals surface area contributed by atoms with Gasteiger partial charge in [0.05, 0.1) is 11.8 Å². The molecule has 0 saturated carbocycles. The van der Waals surface area contributed by atoms with Gasteiger partial charge in [0, 0.05) is 10.4 Å². The summed E-state index contributed by atoms with van der Waals surface area (Å²) in [5.41, 5.74) is 8.15. The average Bonchev–Trinajstić information content (AvgIpc) is 3.42. The van der Waals surface area contributed by atoms with Crippen LogP contribution in [0.4, 0.5) is 5.00 Å². The molecule has 2 amide bonds. The summed E-state index contributed by atoms with van der Waals surface area (Å²) in [6, 6.07) is 10.9. The van der Waals surface area contributed by atoms with Crippen molar-refractivity contribution in [1.82, 2.24) is 0 Å². The van der Waals surface area contributed by atoms with Crippen molar-refractivity contribution in [2.45, 2.75) is 19.3 Å². The molecule has 1 aliphatic rings. The fourth-order valence-electron chi connectivity index (χ4n) is 3.42. The lowest BCUT2D eigenvalue weighted by Crippen LogP contribution is -2.22. The monoisotopic (exact) mass is 410 g/mol. The van der Waals surface area contributed by atoms with Crippen molar-refractivity contribution in [2.24, 2.45) is 5.73 Å². The number of thiophene rings is 1. The summed E-state index contributed by atoms with van der Waals surface area (Å²) in [6.07, 6.45) is 4.01. The Labute approximate surface area is 170 Å². The number of aryl methyl sites for hydroxylation is 1. The molecule has 1 aromatic carbocycles. The first-order chi connectivity index (χ1) is 14.0. The third kappa shape index (κ3) is 3.79. The van der Waals surface area contributed by atoms with E-state index < -0.39 is 24.4 Å². The van der Waals surface area contributed by atoms with E-state index in [0.717, 1.165) is 35.3 Å². The van der Waals surface area contributed by atoms with Gasteiger partial charge < -0.3 is 20.2 Å². The molecule has 148 valence electrons. The topological polar surface area (TPSA) is 112 Å². The van der Waals surface area contributed by atoms with Crippen LogP contribution in [-0.4, -0.2) is 24.4 Å². The van der Waals surface area contributed by atoms with E-state index in [2.05, 4.69) is 5.32 Å². The summed E-state index contributed by atoms with van der Waals surface area (Å²) in [5, 5.41) is 3.05. The summed E-state index contributed by atoms with van der Waals surface area (Å²) in [4.78, 5) is 37.5. The zero-order valence-corrected chi connectivity index (χ0v) is 16.2. The lowest BCUT2D eigenvalue weighted by Gasteiger charge is -2.07. The maximum atomic E-state index is 12.4. The van der Waals surface area contributed by atoms with E-state index in [9.17, 15) is 14.4 Å². The molecule has 2 aromatic heterocycles. The Morgan fingerprint density at radius 1 is 1.14 bits per heavy atom. The van der Waals surface area contributed by atoms with Gasteiger partial charge in [-0.2, -0.15) is 0 Å². The van der Waals surface area contributed by atoms with E-state index >= 15 is 0 Å². The number of carbonyl (C=O) groups is 3. The Morgan fingerprint density at radius 2 is 1.93 bits per heavy atom. The number of furan rings is 1. The molecule has 0 radical (unpaired) electrons. The fraction of sp³-hybridized carbons (Fsp3) is 0.190. The van der Waals surface area contributed by atoms with Gasteiger partial charge in [-0.25, -0.2) is 4.79 Å². The summed E-state index contributed by atoms with van der Waals surface area (Å²) >= 11 is 1.35. The van der Waals surface area contributed by atoms with Crippen LogP contribution in [0.25, 0.3) is 11.1 Å². The van der Waals surface area contributed by atoms with Gasteiger partial charge in [0.15, 0.2) is 6.61 Å². The molecule has 0 bridgehead atoms. The van der Waals surface area contributed by atoms with Gasteiger partial charge in [-0.3, -0.25) is 9.59 Å². The highest BCUT2D eigenvalue weighted by Crippen LogP contribution is 2.38. The molecule has 2 heterocycles. The van der Waals surface area contributed by atoms with E-state index in [1.807, 2.05) is 30.3 Å². The van der Waals surface area contributed by atoms with Crippen LogP contribution in [0.1, 0.15) is 37.8 Å². The van der Waals surface area contributed by atoms with E-state index in [4.69, 9.17) is 14.9 Å². The third-order valence-corrected chi connectivity index (χ3v) is 5.90. The highest BCUT2D eigenvalue weighted by Gasteiger charge is 2.26. The average molecular weight is 410 g/mol. The van der Waals surface area contributed by atoms with Gasteiger partial charge in [0.1, 0.15) is 5.00 Å². The minimum Gasteiger partial charge on any atom is -0.457 e. The number of rotatable bonds is 6. The van der Waals surface area contributed by atoms with Crippen molar-refractivity contribution in [3.63, 3.8) is 0 Å². The zero-order valence-electron chi connectivity index (χ0n) is 15.4. The molecule has 7 nitrogen and oxygen atoms in total. The maximum Gasteiger partial charge on any atom is 0.375 e. The normalized spacial score (nSPS) is 12.4. The summed E-state index contributed by atoms with van der Waals surface area (Å²) in [5.74, 6) is -1.84.